The molecule has 5 nitrogen and oxygen atoms in total. The van der Waals surface area contributed by atoms with Gasteiger partial charge in [0.1, 0.15) is 0 Å². The molecule has 0 heterocycles. The van der Waals surface area contributed by atoms with Gasteiger partial charge in [0.05, 0.1) is 0 Å². The van der Waals surface area contributed by atoms with Crippen molar-refractivity contribution in [2.24, 2.45) is 4.99 Å². The summed E-state index contributed by atoms with van der Waals surface area (Å²) in [6.45, 7) is 4.12. The predicted octanol–water partition coefficient (Wildman–Crippen LogP) is 2.15. The van der Waals surface area contributed by atoms with Crippen molar-refractivity contribution in [3.8, 4) is 0 Å². The van der Waals surface area contributed by atoms with E-state index < -0.39 is 0 Å². The van der Waals surface area contributed by atoms with Crippen molar-refractivity contribution in [3.05, 3.63) is 29.3 Å². The first-order valence-electron chi connectivity index (χ1n) is 6.57. The Labute approximate surface area is 122 Å². The Kier molecular flexibility index (Phi) is 5.13. The van der Waals surface area contributed by atoms with Crippen LogP contribution in [0.1, 0.15) is 11.1 Å². The van der Waals surface area contributed by atoms with E-state index in [2.05, 4.69) is 31.0 Å². The number of para-hydroxylation sites is 1. The molecule has 0 unspecified atom stereocenters. The number of nitrogens with zero attached hydrogens (tertiary/aromatic N) is 4. The van der Waals surface area contributed by atoms with Crippen LogP contribution in [-0.2, 0) is 0 Å². The highest BCUT2D eigenvalue weighted by atomic mass is 15.4. The summed E-state index contributed by atoms with van der Waals surface area (Å²) in [6, 6.07) is 6.16. The molecule has 0 bridgehead atoms. The van der Waals surface area contributed by atoms with Crippen LogP contribution < -0.4 is 4.90 Å². The zero-order valence-corrected chi connectivity index (χ0v) is 13.5. The molecule has 1 rings (SSSR count). The lowest BCUT2D eigenvalue weighted by Gasteiger charge is -2.32. The molecule has 0 saturated heterocycles. The van der Waals surface area contributed by atoms with Crippen molar-refractivity contribution < 1.29 is 0 Å². The molecule has 5 heteroatoms. The Morgan fingerprint density at radius 3 is 1.95 bits per heavy atom. The van der Waals surface area contributed by atoms with Crippen LogP contribution in [0.5, 0.6) is 0 Å². The SMILES string of the molecule is CN=C(N(C)C)N(C)C(=N)N(C)c1c(C)cccc1C. The van der Waals surface area contributed by atoms with Gasteiger partial charge in [-0.2, -0.15) is 0 Å². The molecule has 20 heavy (non-hydrogen) atoms. The maximum Gasteiger partial charge on any atom is 0.204 e. The van der Waals surface area contributed by atoms with Gasteiger partial charge in [0.25, 0.3) is 0 Å². The first-order valence-corrected chi connectivity index (χ1v) is 6.57. The van der Waals surface area contributed by atoms with Gasteiger partial charge in [-0.15, -0.1) is 0 Å². The van der Waals surface area contributed by atoms with Crippen molar-refractivity contribution in [2.75, 3.05) is 40.1 Å². The van der Waals surface area contributed by atoms with E-state index in [1.165, 1.54) is 0 Å². The molecule has 0 spiro atoms. The summed E-state index contributed by atoms with van der Waals surface area (Å²) in [7, 11) is 9.35. The summed E-state index contributed by atoms with van der Waals surface area (Å²) >= 11 is 0. The fraction of sp³-hybridized carbons (Fsp3) is 0.467. The fourth-order valence-corrected chi connectivity index (χ4v) is 2.41. The smallest absolute Gasteiger partial charge is 0.204 e. The Morgan fingerprint density at radius 1 is 1.05 bits per heavy atom. The molecule has 0 saturated carbocycles. The molecule has 0 atom stereocenters. The van der Waals surface area contributed by atoms with Gasteiger partial charge in [0.2, 0.25) is 11.9 Å². The maximum atomic E-state index is 8.40. The van der Waals surface area contributed by atoms with E-state index in [0.717, 1.165) is 22.8 Å². The monoisotopic (exact) mass is 275 g/mol. The number of anilines is 1. The molecule has 0 aliphatic rings. The van der Waals surface area contributed by atoms with E-state index in [9.17, 15) is 0 Å². The highest BCUT2D eigenvalue weighted by Crippen LogP contribution is 2.23. The molecular weight excluding hydrogens is 250 g/mol. The van der Waals surface area contributed by atoms with E-state index >= 15 is 0 Å². The molecule has 0 fully saturated rings. The Hall–Kier alpha value is -2.04. The molecule has 1 aromatic carbocycles. The summed E-state index contributed by atoms with van der Waals surface area (Å²) in [6.07, 6.45) is 0. The van der Waals surface area contributed by atoms with Crippen molar-refractivity contribution >= 4 is 17.6 Å². The van der Waals surface area contributed by atoms with Gasteiger partial charge in [0, 0.05) is 40.9 Å². The number of benzene rings is 1. The number of rotatable bonds is 1. The highest BCUT2D eigenvalue weighted by molar-refractivity contribution is 6.05. The van der Waals surface area contributed by atoms with Crippen LogP contribution in [0.3, 0.4) is 0 Å². The lowest BCUT2D eigenvalue weighted by atomic mass is 10.1. The quantitative estimate of drug-likeness (QED) is 0.631. The number of guanidine groups is 2. The van der Waals surface area contributed by atoms with Crippen LogP contribution in [0, 0.1) is 19.3 Å². The summed E-state index contributed by atoms with van der Waals surface area (Å²) in [5, 5.41) is 8.40. The third-order valence-electron chi connectivity index (χ3n) is 3.31. The van der Waals surface area contributed by atoms with Crippen LogP contribution in [0.2, 0.25) is 0 Å². The van der Waals surface area contributed by atoms with E-state index in [0.29, 0.717) is 5.96 Å². The summed E-state index contributed by atoms with van der Waals surface area (Å²) in [5.41, 5.74) is 3.38. The highest BCUT2D eigenvalue weighted by Gasteiger charge is 2.19. The second kappa shape index (κ2) is 6.41. The molecule has 0 radical (unpaired) electrons. The summed E-state index contributed by atoms with van der Waals surface area (Å²) in [5.74, 6) is 1.13. The minimum absolute atomic E-state index is 0.386. The third kappa shape index (κ3) is 3.10. The Bertz CT molecular complexity index is 499. The Balaban J connectivity index is 3.09. The van der Waals surface area contributed by atoms with Gasteiger partial charge in [-0.25, -0.2) is 0 Å². The first-order chi connectivity index (χ1) is 9.31. The van der Waals surface area contributed by atoms with Crippen molar-refractivity contribution in [2.45, 2.75) is 13.8 Å². The van der Waals surface area contributed by atoms with Crippen LogP contribution in [0.15, 0.2) is 23.2 Å². The van der Waals surface area contributed by atoms with Gasteiger partial charge in [-0.1, -0.05) is 18.2 Å². The molecule has 1 aromatic rings. The van der Waals surface area contributed by atoms with Gasteiger partial charge in [-0.3, -0.25) is 15.3 Å². The topological polar surface area (TPSA) is 45.9 Å². The molecule has 0 amide bonds. The van der Waals surface area contributed by atoms with Gasteiger partial charge in [-0.05, 0) is 25.0 Å². The Morgan fingerprint density at radius 2 is 1.55 bits per heavy atom. The maximum absolute atomic E-state index is 8.40. The third-order valence-corrected chi connectivity index (χ3v) is 3.31. The summed E-state index contributed by atoms with van der Waals surface area (Å²) in [4.78, 5) is 9.78. The number of aliphatic imine (C=N–C) groups is 1. The zero-order valence-electron chi connectivity index (χ0n) is 13.5. The molecular formula is C15H25N5. The van der Waals surface area contributed by atoms with E-state index in [-0.39, 0.29) is 0 Å². The first kappa shape index (κ1) is 16.0. The fourth-order valence-electron chi connectivity index (χ4n) is 2.41. The van der Waals surface area contributed by atoms with Crippen molar-refractivity contribution in [3.63, 3.8) is 0 Å². The van der Waals surface area contributed by atoms with Gasteiger partial charge >= 0.3 is 0 Å². The van der Waals surface area contributed by atoms with Crippen LogP contribution in [-0.4, -0.2) is 57.0 Å². The number of hydrogen-bond donors (Lipinski definition) is 1. The van der Waals surface area contributed by atoms with Crippen LogP contribution in [0.4, 0.5) is 5.69 Å². The van der Waals surface area contributed by atoms with E-state index in [4.69, 9.17) is 5.41 Å². The minimum Gasteiger partial charge on any atom is -0.349 e. The average molecular weight is 275 g/mol. The summed E-state index contributed by atoms with van der Waals surface area (Å²) < 4.78 is 0. The van der Waals surface area contributed by atoms with E-state index in [1.807, 2.05) is 44.1 Å². The molecule has 0 aromatic heterocycles. The standard InChI is InChI=1S/C15H25N5/c1-11-9-8-10-12(2)13(11)19(6)14(16)20(7)15(17-3)18(4)5/h8-10,16H,1-7H3. The number of hydrogen-bond acceptors (Lipinski definition) is 2. The van der Waals surface area contributed by atoms with Crippen molar-refractivity contribution in [1.29, 1.82) is 5.41 Å². The van der Waals surface area contributed by atoms with Crippen LogP contribution in [0.25, 0.3) is 0 Å². The van der Waals surface area contributed by atoms with Gasteiger partial charge < -0.3 is 9.80 Å². The number of nitrogens with one attached hydrogen (secondary N) is 1. The molecule has 110 valence electrons. The van der Waals surface area contributed by atoms with Crippen LogP contribution >= 0.6 is 0 Å². The zero-order chi connectivity index (χ0) is 15.4. The normalized spacial score (nSPS) is 11.2. The van der Waals surface area contributed by atoms with Crippen molar-refractivity contribution in [1.82, 2.24) is 9.80 Å². The second-order valence-electron chi connectivity index (χ2n) is 5.10. The number of aryl methyl sites for hydroxylation is 2. The molecule has 1 N–H and O–H groups in total. The lowest BCUT2D eigenvalue weighted by Crippen LogP contribution is -2.48. The average Bonchev–Trinajstić information content (AvgIpc) is 2.37. The second-order valence-corrected chi connectivity index (χ2v) is 5.10. The molecule has 0 aliphatic carbocycles. The largest absolute Gasteiger partial charge is 0.349 e. The van der Waals surface area contributed by atoms with Gasteiger partial charge in [0.15, 0.2) is 0 Å². The minimum atomic E-state index is 0.386. The lowest BCUT2D eigenvalue weighted by molar-refractivity contribution is 0.525. The van der Waals surface area contributed by atoms with E-state index in [1.54, 1.807) is 11.9 Å². The molecule has 0 aliphatic heterocycles. The predicted molar refractivity (Wildman–Crippen MR) is 86.9 cm³/mol.